The van der Waals surface area contributed by atoms with Crippen LogP contribution >= 0.6 is 15.9 Å². The van der Waals surface area contributed by atoms with Gasteiger partial charge in [0.25, 0.3) is 0 Å². The number of nitrogens with zero attached hydrogens (tertiary/aromatic N) is 6. The molecule has 0 atom stereocenters. The Balaban J connectivity index is 3.03. The molecule has 0 aliphatic heterocycles. The fourth-order valence-electron chi connectivity index (χ4n) is 0.662. The van der Waals surface area contributed by atoms with Crippen molar-refractivity contribution in [1.82, 2.24) is 15.0 Å². The molecule has 0 amide bonds. The molecule has 1 aromatic heterocycles. The molecule has 1 rings (SSSR count). The van der Waals surface area contributed by atoms with E-state index in [0.717, 1.165) is 0 Å². The SMILES string of the molecule is CCNc1nc(Br)nc(N=[N+]=[N-])n1. The summed E-state index contributed by atoms with van der Waals surface area (Å²) in [4.78, 5) is 14.0. The van der Waals surface area contributed by atoms with Crippen molar-refractivity contribution < 1.29 is 0 Å². The fourth-order valence-corrected chi connectivity index (χ4v) is 0.988. The molecule has 0 saturated carbocycles. The average Bonchev–Trinajstić information content (AvgIpc) is 2.04. The summed E-state index contributed by atoms with van der Waals surface area (Å²) in [7, 11) is 0. The molecule has 0 aromatic carbocycles. The predicted molar refractivity (Wildman–Crippen MR) is 50.5 cm³/mol. The van der Waals surface area contributed by atoms with Crippen LogP contribution in [0.25, 0.3) is 10.4 Å². The van der Waals surface area contributed by atoms with Gasteiger partial charge in [-0.25, -0.2) is 4.98 Å². The lowest BCUT2D eigenvalue weighted by Gasteiger charge is -2.00. The lowest BCUT2D eigenvalue weighted by molar-refractivity contribution is 0.980. The van der Waals surface area contributed by atoms with Crippen LogP contribution in [0, 0.1) is 0 Å². The molecule has 0 unspecified atom stereocenters. The molecule has 1 aromatic rings. The summed E-state index contributed by atoms with van der Waals surface area (Å²) in [5.74, 6) is 0.423. The van der Waals surface area contributed by atoms with Gasteiger partial charge in [0.15, 0.2) is 0 Å². The highest BCUT2D eigenvalue weighted by molar-refractivity contribution is 9.10. The van der Waals surface area contributed by atoms with Crippen LogP contribution in [0.3, 0.4) is 0 Å². The largest absolute Gasteiger partial charge is 0.354 e. The van der Waals surface area contributed by atoms with Crippen molar-refractivity contribution in [3.05, 3.63) is 15.2 Å². The molecule has 0 bridgehead atoms. The van der Waals surface area contributed by atoms with Gasteiger partial charge in [-0.05, 0) is 33.5 Å². The Labute approximate surface area is 82.4 Å². The van der Waals surface area contributed by atoms with Crippen LogP contribution < -0.4 is 5.32 Å². The number of hydrogen-bond acceptors (Lipinski definition) is 5. The van der Waals surface area contributed by atoms with Gasteiger partial charge >= 0.3 is 0 Å². The molecule has 0 fully saturated rings. The molecular weight excluding hydrogens is 238 g/mol. The number of anilines is 1. The topological polar surface area (TPSA) is 99.5 Å². The first-order valence-electron chi connectivity index (χ1n) is 3.46. The van der Waals surface area contributed by atoms with E-state index < -0.39 is 0 Å². The van der Waals surface area contributed by atoms with Gasteiger partial charge < -0.3 is 5.32 Å². The predicted octanol–water partition coefficient (Wildman–Crippen LogP) is 2.01. The highest BCUT2D eigenvalue weighted by atomic mass is 79.9. The number of nitrogens with one attached hydrogen (secondary N) is 1. The van der Waals surface area contributed by atoms with E-state index in [4.69, 9.17) is 5.53 Å². The molecule has 0 saturated heterocycles. The summed E-state index contributed by atoms with van der Waals surface area (Å²) in [5, 5.41) is 6.13. The molecule has 1 N–H and O–H groups in total. The van der Waals surface area contributed by atoms with Crippen molar-refractivity contribution >= 4 is 27.8 Å². The van der Waals surface area contributed by atoms with E-state index in [9.17, 15) is 0 Å². The van der Waals surface area contributed by atoms with Gasteiger partial charge in [-0.15, -0.1) is 0 Å². The smallest absolute Gasteiger partial charge is 0.227 e. The monoisotopic (exact) mass is 243 g/mol. The Kier molecular flexibility index (Phi) is 3.41. The molecule has 0 aliphatic rings. The molecule has 1 heterocycles. The second-order valence-electron chi connectivity index (χ2n) is 1.95. The van der Waals surface area contributed by atoms with E-state index in [1.165, 1.54) is 0 Å². The van der Waals surface area contributed by atoms with Gasteiger partial charge in [0.2, 0.25) is 16.6 Å². The minimum Gasteiger partial charge on any atom is -0.354 e. The number of hydrogen-bond donors (Lipinski definition) is 1. The molecule has 0 aliphatic carbocycles. The lowest BCUT2D eigenvalue weighted by Crippen LogP contribution is -2.02. The second kappa shape index (κ2) is 4.58. The van der Waals surface area contributed by atoms with Crippen molar-refractivity contribution in [2.45, 2.75) is 6.92 Å². The highest BCUT2D eigenvalue weighted by Gasteiger charge is 2.00. The van der Waals surface area contributed by atoms with Gasteiger partial charge in [-0.3, -0.25) is 0 Å². The van der Waals surface area contributed by atoms with Crippen LogP contribution in [0.1, 0.15) is 6.92 Å². The van der Waals surface area contributed by atoms with E-state index in [2.05, 4.69) is 46.2 Å². The maximum absolute atomic E-state index is 8.15. The molecule has 68 valence electrons. The quantitative estimate of drug-likeness (QED) is 0.499. The molecule has 8 heteroatoms. The molecular formula is C5H6BrN7. The Morgan fingerprint density at radius 2 is 2.31 bits per heavy atom. The van der Waals surface area contributed by atoms with E-state index in [1.807, 2.05) is 6.92 Å². The van der Waals surface area contributed by atoms with Crippen molar-refractivity contribution in [1.29, 1.82) is 0 Å². The Hall–Kier alpha value is -1.40. The number of rotatable bonds is 3. The molecule has 13 heavy (non-hydrogen) atoms. The number of halogens is 1. The van der Waals surface area contributed by atoms with Crippen molar-refractivity contribution in [3.63, 3.8) is 0 Å². The zero-order valence-electron chi connectivity index (χ0n) is 6.77. The minimum absolute atomic E-state index is 0.0420. The Morgan fingerprint density at radius 3 is 2.92 bits per heavy atom. The lowest BCUT2D eigenvalue weighted by atomic mass is 10.7. The Bertz CT molecular complexity index is 345. The summed E-state index contributed by atoms with van der Waals surface area (Å²) in [6.45, 7) is 2.59. The zero-order chi connectivity index (χ0) is 9.68. The van der Waals surface area contributed by atoms with Gasteiger partial charge in [0.05, 0.1) is 0 Å². The summed E-state index contributed by atoms with van der Waals surface area (Å²) in [6, 6.07) is 0. The van der Waals surface area contributed by atoms with E-state index in [0.29, 0.717) is 17.2 Å². The minimum atomic E-state index is 0.0420. The Morgan fingerprint density at radius 1 is 1.54 bits per heavy atom. The van der Waals surface area contributed by atoms with E-state index in [1.54, 1.807) is 0 Å². The first kappa shape index (κ1) is 9.69. The second-order valence-corrected chi connectivity index (χ2v) is 2.66. The van der Waals surface area contributed by atoms with E-state index in [-0.39, 0.29) is 5.95 Å². The number of aromatic nitrogens is 3. The molecule has 7 nitrogen and oxygen atoms in total. The molecule has 0 spiro atoms. The first-order valence-corrected chi connectivity index (χ1v) is 4.26. The third-order valence-electron chi connectivity index (χ3n) is 1.07. The highest BCUT2D eigenvalue weighted by Crippen LogP contribution is 2.12. The van der Waals surface area contributed by atoms with Crippen LogP contribution in [0.4, 0.5) is 11.9 Å². The summed E-state index contributed by atoms with van der Waals surface area (Å²) >= 11 is 3.07. The summed E-state index contributed by atoms with van der Waals surface area (Å²) < 4.78 is 0.334. The normalized spacial score (nSPS) is 9.08. The third kappa shape index (κ3) is 2.85. The summed E-state index contributed by atoms with van der Waals surface area (Å²) in [5.41, 5.74) is 8.15. The van der Waals surface area contributed by atoms with Crippen LogP contribution in [-0.2, 0) is 0 Å². The maximum Gasteiger partial charge on any atom is 0.227 e. The van der Waals surface area contributed by atoms with Gasteiger partial charge in [-0.2, -0.15) is 9.97 Å². The number of azide groups is 1. The van der Waals surface area contributed by atoms with Crippen molar-refractivity contribution in [3.8, 4) is 0 Å². The van der Waals surface area contributed by atoms with Gasteiger partial charge in [0.1, 0.15) is 0 Å². The standard InChI is InChI=1S/C5H6BrN7/c1-2-8-4-9-3(6)10-5(11-4)12-13-7/h2H2,1H3,(H,8,9,10,11). The first-order chi connectivity index (χ1) is 6.26. The van der Waals surface area contributed by atoms with Crippen LogP contribution in [-0.4, -0.2) is 21.5 Å². The summed E-state index contributed by atoms with van der Waals surface area (Å²) in [6.07, 6.45) is 0. The zero-order valence-corrected chi connectivity index (χ0v) is 8.35. The van der Waals surface area contributed by atoms with Crippen LogP contribution in [0.2, 0.25) is 0 Å². The fraction of sp³-hybridized carbons (Fsp3) is 0.400. The van der Waals surface area contributed by atoms with Crippen molar-refractivity contribution in [2.75, 3.05) is 11.9 Å². The average molecular weight is 244 g/mol. The van der Waals surface area contributed by atoms with Crippen LogP contribution in [0.15, 0.2) is 9.85 Å². The maximum atomic E-state index is 8.15. The van der Waals surface area contributed by atoms with Gasteiger partial charge in [0, 0.05) is 11.5 Å². The van der Waals surface area contributed by atoms with Crippen molar-refractivity contribution in [2.24, 2.45) is 5.11 Å². The van der Waals surface area contributed by atoms with E-state index >= 15 is 0 Å². The molecule has 0 radical (unpaired) electrons. The van der Waals surface area contributed by atoms with Crippen LogP contribution in [0.5, 0.6) is 0 Å². The van der Waals surface area contributed by atoms with Gasteiger partial charge in [-0.1, -0.05) is 0 Å². The third-order valence-corrected chi connectivity index (χ3v) is 1.42.